The molecule has 1 heterocycles. The average molecular weight is 506 g/mol. The molecule has 10 heteroatoms. The Balaban J connectivity index is 1.64. The second-order valence-corrected chi connectivity index (χ2v) is 8.66. The summed E-state index contributed by atoms with van der Waals surface area (Å²) in [5, 5.41) is 5.69. The van der Waals surface area contributed by atoms with Gasteiger partial charge >= 0.3 is 6.18 Å². The van der Waals surface area contributed by atoms with Crippen molar-refractivity contribution in [2.45, 2.75) is 31.5 Å². The van der Waals surface area contributed by atoms with Crippen molar-refractivity contribution in [2.24, 2.45) is 5.92 Å². The van der Waals surface area contributed by atoms with Gasteiger partial charge in [0.25, 0.3) is 11.8 Å². The van der Waals surface area contributed by atoms with Crippen molar-refractivity contribution in [3.05, 3.63) is 71.3 Å². The lowest BCUT2D eigenvalue weighted by molar-refractivity contribution is -0.137. The van der Waals surface area contributed by atoms with E-state index in [0.717, 1.165) is 12.1 Å². The number of carbonyl (C=O) groups excluding carboxylic acids is 3. The standard InChI is InChI=1S/C26H30F3N3O4/c1-36-17-5-14-30-24(34)22(31-23(33)19-6-3-2-4-7-19)18-12-15-32(16-13-18)25(35)20-8-10-21(11-9-20)26(27,28)29/h2-4,6-11,18,22H,5,12-17H2,1H3,(H,30,34)(H,31,33)/t22-/m1/s1. The van der Waals surface area contributed by atoms with Crippen LogP contribution in [0, 0.1) is 5.92 Å². The summed E-state index contributed by atoms with van der Waals surface area (Å²) < 4.78 is 43.4. The van der Waals surface area contributed by atoms with Crippen LogP contribution in [0.5, 0.6) is 0 Å². The maximum absolute atomic E-state index is 13.0. The number of hydrogen-bond donors (Lipinski definition) is 2. The maximum Gasteiger partial charge on any atom is 0.416 e. The third-order valence-electron chi connectivity index (χ3n) is 6.19. The predicted molar refractivity (Wildman–Crippen MR) is 127 cm³/mol. The van der Waals surface area contributed by atoms with Crippen LogP contribution in [-0.2, 0) is 15.7 Å². The lowest BCUT2D eigenvalue weighted by atomic mass is 9.88. The molecule has 1 aliphatic rings. The van der Waals surface area contributed by atoms with Gasteiger partial charge in [-0.1, -0.05) is 18.2 Å². The fraction of sp³-hybridized carbons (Fsp3) is 0.423. The average Bonchev–Trinajstić information content (AvgIpc) is 2.89. The molecule has 2 aromatic rings. The zero-order valence-corrected chi connectivity index (χ0v) is 20.0. The number of rotatable bonds is 9. The predicted octanol–water partition coefficient (Wildman–Crippen LogP) is 3.51. The van der Waals surface area contributed by atoms with Crippen molar-refractivity contribution in [2.75, 3.05) is 33.4 Å². The number of nitrogens with one attached hydrogen (secondary N) is 2. The minimum Gasteiger partial charge on any atom is -0.385 e. The molecule has 1 saturated heterocycles. The molecule has 2 aromatic carbocycles. The second-order valence-electron chi connectivity index (χ2n) is 8.66. The molecule has 3 amide bonds. The molecule has 0 radical (unpaired) electrons. The van der Waals surface area contributed by atoms with Crippen LogP contribution in [0.2, 0.25) is 0 Å². The first-order chi connectivity index (χ1) is 17.2. The smallest absolute Gasteiger partial charge is 0.385 e. The molecule has 2 N–H and O–H groups in total. The van der Waals surface area contributed by atoms with Gasteiger partial charge in [0.2, 0.25) is 5.91 Å². The van der Waals surface area contributed by atoms with Crippen LogP contribution in [0.1, 0.15) is 45.5 Å². The zero-order chi connectivity index (χ0) is 26.1. The van der Waals surface area contributed by atoms with E-state index in [0.29, 0.717) is 51.1 Å². The molecule has 0 aliphatic carbocycles. The van der Waals surface area contributed by atoms with E-state index in [1.165, 1.54) is 12.1 Å². The highest BCUT2D eigenvalue weighted by Crippen LogP contribution is 2.29. The van der Waals surface area contributed by atoms with E-state index in [9.17, 15) is 27.6 Å². The third-order valence-corrected chi connectivity index (χ3v) is 6.19. The molecule has 36 heavy (non-hydrogen) atoms. The minimum atomic E-state index is -4.47. The summed E-state index contributed by atoms with van der Waals surface area (Å²) in [6.07, 6.45) is -2.93. The summed E-state index contributed by atoms with van der Waals surface area (Å²) in [6.45, 7) is 1.53. The number of piperidine rings is 1. The number of likely N-dealkylation sites (tertiary alicyclic amines) is 1. The number of amides is 3. The normalized spacial score (nSPS) is 15.3. The lowest BCUT2D eigenvalue weighted by Gasteiger charge is -2.36. The summed E-state index contributed by atoms with van der Waals surface area (Å²) in [4.78, 5) is 40.1. The van der Waals surface area contributed by atoms with Gasteiger partial charge in [-0.2, -0.15) is 13.2 Å². The number of hydrogen-bond acceptors (Lipinski definition) is 4. The number of carbonyl (C=O) groups is 3. The van der Waals surface area contributed by atoms with E-state index in [1.807, 2.05) is 0 Å². The van der Waals surface area contributed by atoms with Crippen LogP contribution in [0.15, 0.2) is 54.6 Å². The molecule has 1 atom stereocenters. The highest BCUT2D eigenvalue weighted by Gasteiger charge is 2.35. The molecule has 0 bridgehead atoms. The maximum atomic E-state index is 13.0. The lowest BCUT2D eigenvalue weighted by Crippen LogP contribution is -2.54. The Bertz CT molecular complexity index is 1020. The highest BCUT2D eigenvalue weighted by molar-refractivity contribution is 5.97. The molecule has 0 aromatic heterocycles. The largest absolute Gasteiger partial charge is 0.416 e. The first-order valence-electron chi connectivity index (χ1n) is 11.8. The number of alkyl halides is 3. The van der Waals surface area contributed by atoms with Crippen LogP contribution < -0.4 is 10.6 Å². The fourth-order valence-corrected chi connectivity index (χ4v) is 4.17. The number of nitrogens with zero attached hydrogens (tertiary/aromatic N) is 1. The number of benzene rings is 2. The van der Waals surface area contributed by atoms with Crippen LogP contribution >= 0.6 is 0 Å². The van der Waals surface area contributed by atoms with Crippen LogP contribution in [-0.4, -0.2) is 62.0 Å². The topological polar surface area (TPSA) is 87.7 Å². The van der Waals surface area contributed by atoms with Crippen molar-refractivity contribution in [1.82, 2.24) is 15.5 Å². The molecule has 1 aliphatic heterocycles. The van der Waals surface area contributed by atoms with Gasteiger partial charge in [-0.3, -0.25) is 14.4 Å². The second kappa shape index (κ2) is 12.5. The Morgan fingerprint density at radius 2 is 1.64 bits per heavy atom. The molecule has 0 unspecified atom stereocenters. The van der Waals surface area contributed by atoms with Gasteiger partial charge in [0, 0.05) is 44.5 Å². The van der Waals surface area contributed by atoms with Gasteiger partial charge in [-0.05, 0) is 61.6 Å². The molecule has 7 nitrogen and oxygen atoms in total. The van der Waals surface area contributed by atoms with Gasteiger partial charge in [-0.25, -0.2) is 0 Å². The van der Waals surface area contributed by atoms with E-state index >= 15 is 0 Å². The Morgan fingerprint density at radius 3 is 2.22 bits per heavy atom. The van der Waals surface area contributed by atoms with Crippen LogP contribution in [0.3, 0.4) is 0 Å². The van der Waals surface area contributed by atoms with Crippen molar-refractivity contribution < 1.29 is 32.3 Å². The van der Waals surface area contributed by atoms with E-state index in [-0.39, 0.29) is 29.2 Å². The molecule has 1 fully saturated rings. The summed E-state index contributed by atoms with van der Waals surface area (Å²) >= 11 is 0. The summed E-state index contributed by atoms with van der Waals surface area (Å²) in [5.41, 5.74) is -0.206. The van der Waals surface area contributed by atoms with Gasteiger partial charge in [-0.15, -0.1) is 0 Å². The van der Waals surface area contributed by atoms with Gasteiger partial charge < -0.3 is 20.3 Å². The summed E-state index contributed by atoms with van der Waals surface area (Å²) in [6, 6.07) is 11.9. The van der Waals surface area contributed by atoms with Crippen LogP contribution in [0.25, 0.3) is 0 Å². The minimum absolute atomic E-state index is 0.172. The molecule has 194 valence electrons. The Labute approximate surface area is 208 Å². The Kier molecular flexibility index (Phi) is 9.46. The number of halogens is 3. The molecule has 3 rings (SSSR count). The first-order valence-corrected chi connectivity index (χ1v) is 11.8. The SMILES string of the molecule is COCCCNC(=O)[C@H](NC(=O)c1ccccc1)C1CCN(C(=O)c2ccc(C(F)(F)F)cc2)CC1. The zero-order valence-electron chi connectivity index (χ0n) is 20.0. The van der Waals surface area contributed by atoms with Crippen molar-refractivity contribution >= 4 is 17.7 Å². The van der Waals surface area contributed by atoms with Crippen LogP contribution in [0.4, 0.5) is 13.2 Å². The summed E-state index contributed by atoms with van der Waals surface area (Å²) in [7, 11) is 1.57. The van der Waals surface area contributed by atoms with Gasteiger partial charge in [0.1, 0.15) is 6.04 Å². The van der Waals surface area contributed by atoms with Gasteiger partial charge in [0.05, 0.1) is 5.56 Å². The number of methoxy groups -OCH3 is 1. The Hall–Kier alpha value is -3.40. The third kappa shape index (κ3) is 7.30. The Morgan fingerprint density at radius 1 is 1.00 bits per heavy atom. The van der Waals surface area contributed by atoms with E-state index in [2.05, 4.69) is 10.6 Å². The van der Waals surface area contributed by atoms with E-state index < -0.39 is 17.8 Å². The molecular formula is C26H30F3N3O4. The van der Waals surface area contributed by atoms with E-state index in [4.69, 9.17) is 4.74 Å². The fourth-order valence-electron chi connectivity index (χ4n) is 4.17. The first kappa shape index (κ1) is 27.2. The number of ether oxygens (including phenoxy) is 1. The molecule has 0 spiro atoms. The van der Waals surface area contributed by atoms with E-state index in [1.54, 1.807) is 42.3 Å². The highest BCUT2D eigenvalue weighted by atomic mass is 19.4. The van der Waals surface area contributed by atoms with Crippen molar-refractivity contribution in [3.63, 3.8) is 0 Å². The van der Waals surface area contributed by atoms with Gasteiger partial charge in [0.15, 0.2) is 0 Å². The monoisotopic (exact) mass is 505 g/mol. The molecule has 0 saturated carbocycles. The quantitative estimate of drug-likeness (QED) is 0.511. The van der Waals surface area contributed by atoms with Crippen molar-refractivity contribution in [3.8, 4) is 0 Å². The molecular weight excluding hydrogens is 475 g/mol. The van der Waals surface area contributed by atoms with Crippen molar-refractivity contribution in [1.29, 1.82) is 0 Å². The summed E-state index contributed by atoms with van der Waals surface area (Å²) in [5.74, 6) is -1.24.